The average Bonchev–Trinajstić information content (AvgIpc) is 3.78. The van der Waals surface area contributed by atoms with Crippen LogP contribution in [0.3, 0.4) is 0 Å². The minimum Gasteiger partial charge on any atom is -0.456 e. The van der Waals surface area contributed by atoms with Gasteiger partial charge in [0.2, 0.25) is 0 Å². The number of para-hydroxylation sites is 1. The molecular formula is C48H30O. The lowest BCUT2D eigenvalue weighted by molar-refractivity contribution is 0.628. The van der Waals surface area contributed by atoms with Crippen LogP contribution in [0.2, 0.25) is 0 Å². The van der Waals surface area contributed by atoms with E-state index in [0.717, 1.165) is 11.3 Å². The number of fused-ring (bicyclic) bond motifs is 14. The lowest BCUT2D eigenvalue weighted by atomic mass is 9.70. The topological polar surface area (TPSA) is 13.1 Å². The summed E-state index contributed by atoms with van der Waals surface area (Å²) in [5, 5.41) is 6.26. The third-order valence-corrected chi connectivity index (χ3v) is 11.2. The Balaban J connectivity index is 1.31. The molecule has 1 heterocycles. The third-order valence-electron chi connectivity index (χ3n) is 11.2. The van der Waals surface area contributed by atoms with E-state index in [0.29, 0.717) is 0 Å². The van der Waals surface area contributed by atoms with Gasteiger partial charge in [-0.1, -0.05) is 163 Å². The third kappa shape index (κ3) is 3.34. The van der Waals surface area contributed by atoms with Gasteiger partial charge in [0.25, 0.3) is 0 Å². The summed E-state index contributed by atoms with van der Waals surface area (Å²) in [4.78, 5) is 0. The van der Waals surface area contributed by atoms with Crippen LogP contribution in [-0.2, 0) is 5.41 Å². The van der Waals surface area contributed by atoms with Crippen molar-refractivity contribution in [2.75, 3.05) is 0 Å². The van der Waals surface area contributed by atoms with Crippen molar-refractivity contribution >= 4 is 32.5 Å². The molecule has 8 aromatic carbocycles. The molecule has 1 spiro atoms. The number of benzene rings is 8. The summed E-state index contributed by atoms with van der Waals surface area (Å²) in [6.07, 6.45) is 0. The molecule has 0 saturated heterocycles. The molecule has 0 bridgehead atoms. The van der Waals surface area contributed by atoms with Gasteiger partial charge in [-0.05, 0) is 84.6 Å². The van der Waals surface area contributed by atoms with Crippen LogP contribution < -0.4 is 0 Å². The highest BCUT2D eigenvalue weighted by atomic mass is 16.3. The molecule has 0 radical (unpaired) electrons. The van der Waals surface area contributed by atoms with Gasteiger partial charge in [-0.25, -0.2) is 0 Å². The molecule has 2 aliphatic carbocycles. The highest BCUT2D eigenvalue weighted by Gasteiger charge is 2.54. The van der Waals surface area contributed by atoms with E-state index >= 15 is 0 Å². The van der Waals surface area contributed by atoms with Crippen molar-refractivity contribution in [1.29, 1.82) is 0 Å². The quantitative estimate of drug-likeness (QED) is 0.175. The normalized spacial score (nSPS) is 15.5. The molecule has 1 aromatic heterocycles. The second-order valence-electron chi connectivity index (χ2n) is 13.6. The van der Waals surface area contributed by atoms with E-state index in [-0.39, 0.29) is 0 Å². The fourth-order valence-electron chi connectivity index (χ4n) is 9.30. The molecule has 1 atom stereocenters. The largest absolute Gasteiger partial charge is 0.456 e. The molecule has 1 heteroatoms. The maximum atomic E-state index is 6.75. The summed E-state index contributed by atoms with van der Waals surface area (Å²) in [6.45, 7) is 2.15. The summed E-state index contributed by atoms with van der Waals surface area (Å²) >= 11 is 0. The molecule has 0 amide bonds. The highest BCUT2D eigenvalue weighted by molar-refractivity contribution is 6.23. The van der Waals surface area contributed by atoms with Crippen molar-refractivity contribution in [1.82, 2.24) is 0 Å². The minimum absolute atomic E-state index is 0.492. The maximum Gasteiger partial charge on any atom is 0.140 e. The molecule has 11 rings (SSSR count). The molecule has 0 saturated carbocycles. The molecule has 9 aromatic rings. The zero-order chi connectivity index (χ0) is 32.3. The molecule has 0 aliphatic heterocycles. The Morgan fingerprint density at radius 1 is 0.388 bits per heavy atom. The van der Waals surface area contributed by atoms with E-state index in [1.807, 2.05) is 0 Å². The summed E-state index contributed by atoms with van der Waals surface area (Å²) in [5.41, 5.74) is 15.8. The first kappa shape index (κ1) is 26.8. The summed E-state index contributed by atoms with van der Waals surface area (Å²) in [6, 6.07) is 60.5. The van der Waals surface area contributed by atoms with Gasteiger partial charge in [0.15, 0.2) is 0 Å². The van der Waals surface area contributed by atoms with Crippen LogP contribution in [0.4, 0.5) is 0 Å². The van der Waals surface area contributed by atoms with E-state index in [1.165, 1.54) is 93.7 Å². The van der Waals surface area contributed by atoms with Gasteiger partial charge in [0.05, 0.1) is 5.41 Å². The molecule has 1 unspecified atom stereocenters. The van der Waals surface area contributed by atoms with E-state index < -0.39 is 5.41 Å². The van der Waals surface area contributed by atoms with Gasteiger partial charge in [-0.2, -0.15) is 0 Å². The van der Waals surface area contributed by atoms with Gasteiger partial charge in [0, 0.05) is 16.5 Å². The van der Waals surface area contributed by atoms with Crippen molar-refractivity contribution in [2.45, 2.75) is 12.3 Å². The van der Waals surface area contributed by atoms with Gasteiger partial charge >= 0.3 is 0 Å². The van der Waals surface area contributed by atoms with Crippen molar-refractivity contribution in [3.8, 4) is 44.7 Å². The zero-order valence-electron chi connectivity index (χ0n) is 27.0. The SMILES string of the molecule is Cc1ccc(-c2c3ccccc3c(-c3cccc4c3-c3ccccc3C43c4ccccc4-c4oc5ccccc5c43)c3ccccc23)cc1. The van der Waals surface area contributed by atoms with Crippen LogP contribution in [0.25, 0.3) is 77.2 Å². The van der Waals surface area contributed by atoms with Crippen LogP contribution in [0.1, 0.15) is 27.8 Å². The molecule has 49 heavy (non-hydrogen) atoms. The minimum atomic E-state index is -0.492. The van der Waals surface area contributed by atoms with Crippen molar-refractivity contribution < 1.29 is 4.42 Å². The smallest absolute Gasteiger partial charge is 0.140 e. The average molecular weight is 623 g/mol. The van der Waals surface area contributed by atoms with Gasteiger partial charge in [-0.3, -0.25) is 0 Å². The molecule has 0 N–H and O–H groups in total. The summed E-state index contributed by atoms with van der Waals surface area (Å²) in [7, 11) is 0. The van der Waals surface area contributed by atoms with Crippen molar-refractivity contribution in [3.05, 3.63) is 192 Å². The second-order valence-corrected chi connectivity index (χ2v) is 13.6. The predicted octanol–water partition coefficient (Wildman–Crippen LogP) is 12.7. The number of furan rings is 1. The molecular weight excluding hydrogens is 593 g/mol. The predicted molar refractivity (Wildman–Crippen MR) is 203 cm³/mol. The Morgan fingerprint density at radius 2 is 0.898 bits per heavy atom. The molecule has 1 nitrogen and oxygen atoms in total. The molecule has 0 fully saturated rings. The zero-order valence-corrected chi connectivity index (χ0v) is 27.0. The van der Waals surface area contributed by atoms with E-state index in [2.05, 4.69) is 171 Å². The fraction of sp³-hybridized carbons (Fsp3) is 0.0417. The highest BCUT2D eigenvalue weighted by Crippen LogP contribution is 2.66. The summed E-state index contributed by atoms with van der Waals surface area (Å²) < 4.78 is 6.75. The Morgan fingerprint density at radius 3 is 1.59 bits per heavy atom. The lowest BCUT2D eigenvalue weighted by Gasteiger charge is -2.30. The van der Waals surface area contributed by atoms with Crippen molar-refractivity contribution in [3.63, 3.8) is 0 Å². The number of hydrogen-bond acceptors (Lipinski definition) is 1. The first-order valence-electron chi connectivity index (χ1n) is 17.1. The van der Waals surface area contributed by atoms with Gasteiger partial charge in [0.1, 0.15) is 11.3 Å². The van der Waals surface area contributed by atoms with Crippen LogP contribution in [0, 0.1) is 6.92 Å². The monoisotopic (exact) mass is 622 g/mol. The van der Waals surface area contributed by atoms with Crippen LogP contribution in [0.15, 0.2) is 168 Å². The number of aryl methyl sites for hydroxylation is 1. The van der Waals surface area contributed by atoms with E-state index in [4.69, 9.17) is 4.42 Å². The number of rotatable bonds is 2. The fourth-order valence-corrected chi connectivity index (χ4v) is 9.30. The van der Waals surface area contributed by atoms with Crippen LogP contribution in [0.5, 0.6) is 0 Å². The van der Waals surface area contributed by atoms with Crippen LogP contribution in [-0.4, -0.2) is 0 Å². The lowest BCUT2D eigenvalue weighted by Crippen LogP contribution is -2.25. The van der Waals surface area contributed by atoms with E-state index in [1.54, 1.807) is 0 Å². The Bertz CT molecular complexity index is 2780. The van der Waals surface area contributed by atoms with Crippen LogP contribution >= 0.6 is 0 Å². The maximum absolute atomic E-state index is 6.75. The Labute approximate surface area is 284 Å². The molecule has 2 aliphatic rings. The second kappa shape index (κ2) is 9.69. The Hall–Kier alpha value is -6.18. The number of hydrogen-bond donors (Lipinski definition) is 0. The standard InChI is InChI=1S/C48H30O/c1-29-25-27-30(28-26-29)43-31-13-2-4-15-33(31)44(34-16-5-3-14-32(34)43)38-20-12-23-41-45(38)35-17-6-9-21-39(35)48(41)40-22-10-7-18-36(40)47-46(48)37-19-8-11-24-42(37)49-47/h2-28H,1H3. The first-order chi connectivity index (χ1) is 24.2. The van der Waals surface area contributed by atoms with Gasteiger partial charge in [-0.15, -0.1) is 0 Å². The summed E-state index contributed by atoms with van der Waals surface area (Å²) in [5.74, 6) is 0.989. The van der Waals surface area contributed by atoms with E-state index in [9.17, 15) is 0 Å². The molecule has 228 valence electrons. The first-order valence-corrected chi connectivity index (χ1v) is 17.1. The van der Waals surface area contributed by atoms with Crippen molar-refractivity contribution in [2.24, 2.45) is 0 Å². The Kier molecular flexibility index (Phi) is 5.31. The van der Waals surface area contributed by atoms with Gasteiger partial charge < -0.3 is 4.42 Å².